The average molecular weight is 248 g/mol. The van der Waals surface area contributed by atoms with Gasteiger partial charge in [-0.15, -0.1) is 0 Å². The highest BCUT2D eigenvalue weighted by Crippen LogP contribution is 2.21. The van der Waals surface area contributed by atoms with Crippen molar-refractivity contribution >= 4 is 5.91 Å². The van der Waals surface area contributed by atoms with Crippen molar-refractivity contribution in [3.63, 3.8) is 0 Å². The predicted molar refractivity (Wildman–Crippen MR) is 71.0 cm³/mol. The van der Waals surface area contributed by atoms with Gasteiger partial charge in [0, 0.05) is 19.1 Å². The molecule has 1 N–H and O–H groups in total. The number of hydrogen-bond donors (Lipinski definition) is 1. The Hall–Kier alpha value is -1.55. The van der Waals surface area contributed by atoms with Crippen molar-refractivity contribution in [3.05, 3.63) is 29.8 Å². The first-order valence-corrected chi connectivity index (χ1v) is 6.36. The zero-order valence-corrected chi connectivity index (χ0v) is 11.0. The average Bonchev–Trinajstić information content (AvgIpc) is 2.46. The van der Waals surface area contributed by atoms with Crippen molar-refractivity contribution in [3.8, 4) is 5.75 Å². The molecule has 1 amide bonds. The number of likely N-dealkylation sites (tertiary alicyclic amines) is 1. The quantitative estimate of drug-likeness (QED) is 0.881. The minimum atomic E-state index is 0.0624. The topological polar surface area (TPSA) is 41.6 Å². The normalized spacial score (nSPS) is 19.7. The first-order valence-electron chi connectivity index (χ1n) is 6.36. The van der Waals surface area contributed by atoms with Gasteiger partial charge in [0.05, 0.1) is 12.7 Å². The summed E-state index contributed by atoms with van der Waals surface area (Å²) in [5.41, 5.74) is 0.650. The van der Waals surface area contributed by atoms with E-state index in [9.17, 15) is 4.79 Å². The van der Waals surface area contributed by atoms with Crippen LogP contribution in [-0.2, 0) is 0 Å². The van der Waals surface area contributed by atoms with E-state index in [-0.39, 0.29) is 5.91 Å². The number of carbonyl (C=O) groups excluding carboxylic acids is 1. The highest BCUT2D eigenvalue weighted by atomic mass is 16.5. The molecule has 18 heavy (non-hydrogen) atoms. The van der Waals surface area contributed by atoms with Crippen molar-refractivity contribution in [2.45, 2.75) is 18.9 Å². The fourth-order valence-corrected chi connectivity index (χ4v) is 2.39. The van der Waals surface area contributed by atoms with Gasteiger partial charge in [-0.1, -0.05) is 12.1 Å². The van der Waals surface area contributed by atoms with Gasteiger partial charge < -0.3 is 15.0 Å². The number of rotatable bonds is 3. The summed E-state index contributed by atoms with van der Waals surface area (Å²) in [4.78, 5) is 14.4. The standard InChI is InChI=1S/C14H20N2O2/c1-15-11-6-5-9-16(10-11)14(17)12-7-3-4-8-13(12)18-2/h3-4,7-8,11,15H,5-6,9-10H2,1-2H3. The Kier molecular flexibility index (Phi) is 4.20. The van der Waals surface area contributed by atoms with Crippen LogP contribution >= 0.6 is 0 Å². The lowest BCUT2D eigenvalue weighted by atomic mass is 10.0. The molecular formula is C14H20N2O2. The molecule has 4 heteroatoms. The second kappa shape index (κ2) is 5.87. The van der Waals surface area contributed by atoms with Crippen molar-refractivity contribution < 1.29 is 9.53 Å². The van der Waals surface area contributed by atoms with Crippen molar-refractivity contribution in [1.29, 1.82) is 0 Å². The maximum Gasteiger partial charge on any atom is 0.257 e. The van der Waals surface area contributed by atoms with Gasteiger partial charge in [0.2, 0.25) is 0 Å². The van der Waals surface area contributed by atoms with Gasteiger partial charge in [0.25, 0.3) is 5.91 Å². The Morgan fingerprint density at radius 2 is 2.22 bits per heavy atom. The van der Waals surface area contributed by atoms with Gasteiger partial charge in [-0.25, -0.2) is 0 Å². The summed E-state index contributed by atoms with van der Waals surface area (Å²) >= 11 is 0. The first kappa shape index (κ1) is 12.9. The van der Waals surface area contributed by atoms with E-state index in [0.29, 0.717) is 17.4 Å². The van der Waals surface area contributed by atoms with Crippen LogP contribution in [0.25, 0.3) is 0 Å². The molecule has 1 fully saturated rings. The number of likely N-dealkylation sites (N-methyl/N-ethyl adjacent to an activating group) is 1. The Balaban J connectivity index is 2.15. The van der Waals surface area contributed by atoms with E-state index in [1.807, 2.05) is 36.2 Å². The number of piperidine rings is 1. The molecule has 1 heterocycles. The monoisotopic (exact) mass is 248 g/mol. The fraction of sp³-hybridized carbons (Fsp3) is 0.500. The fourth-order valence-electron chi connectivity index (χ4n) is 2.39. The molecule has 1 atom stereocenters. The molecule has 0 aliphatic carbocycles. The lowest BCUT2D eigenvalue weighted by molar-refractivity contribution is 0.0695. The number of ether oxygens (including phenoxy) is 1. The lowest BCUT2D eigenvalue weighted by Gasteiger charge is -2.32. The summed E-state index contributed by atoms with van der Waals surface area (Å²) in [7, 11) is 3.54. The van der Waals surface area contributed by atoms with Crippen LogP contribution in [0.1, 0.15) is 23.2 Å². The first-order chi connectivity index (χ1) is 8.76. The van der Waals surface area contributed by atoms with Gasteiger partial charge in [-0.3, -0.25) is 4.79 Å². The SMILES string of the molecule is CNC1CCCN(C(=O)c2ccccc2OC)C1. The second-order valence-corrected chi connectivity index (χ2v) is 4.58. The molecule has 4 nitrogen and oxygen atoms in total. The summed E-state index contributed by atoms with van der Waals surface area (Å²) in [5, 5.41) is 3.24. The van der Waals surface area contributed by atoms with E-state index in [2.05, 4.69) is 5.32 Å². The highest BCUT2D eigenvalue weighted by molar-refractivity contribution is 5.97. The van der Waals surface area contributed by atoms with Crippen LogP contribution in [-0.4, -0.2) is 44.1 Å². The van der Waals surface area contributed by atoms with E-state index in [1.54, 1.807) is 7.11 Å². The number of nitrogens with one attached hydrogen (secondary N) is 1. The van der Waals surface area contributed by atoms with Crippen molar-refractivity contribution in [2.24, 2.45) is 0 Å². The van der Waals surface area contributed by atoms with Crippen LogP contribution in [0.5, 0.6) is 5.75 Å². The number of benzene rings is 1. The molecular weight excluding hydrogens is 228 g/mol. The van der Waals surface area contributed by atoms with E-state index >= 15 is 0 Å². The Bertz CT molecular complexity index is 420. The van der Waals surface area contributed by atoms with E-state index < -0.39 is 0 Å². The van der Waals surface area contributed by atoms with Crippen LogP contribution in [0.4, 0.5) is 0 Å². The Labute approximate surface area is 108 Å². The summed E-state index contributed by atoms with van der Waals surface area (Å²) in [6.45, 7) is 1.60. The molecule has 0 saturated carbocycles. The number of para-hydroxylation sites is 1. The third-order valence-corrected chi connectivity index (χ3v) is 3.45. The largest absolute Gasteiger partial charge is 0.496 e. The molecule has 1 unspecified atom stereocenters. The molecule has 0 spiro atoms. The maximum absolute atomic E-state index is 12.5. The molecule has 1 aliphatic heterocycles. The molecule has 1 saturated heterocycles. The van der Waals surface area contributed by atoms with E-state index in [1.165, 1.54) is 0 Å². The number of methoxy groups -OCH3 is 1. The minimum absolute atomic E-state index is 0.0624. The van der Waals surface area contributed by atoms with Crippen molar-refractivity contribution in [2.75, 3.05) is 27.2 Å². The maximum atomic E-state index is 12.5. The zero-order valence-electron chi connectivity index (χ0n) is 11.0. The minimum Gasteiger partial charge on any atom is -0.496 e. The molecule has 2 rings (SSSR count). The van der Waals surface area contributed by atoms with Gasteiger partial charge >= 0.3 is 0 Å². The summed E-state index contributed by atoms with van der Waals surface area (Å²) in [5.74, 6) is 0.710. The Morgan fingerprint density at radius 3 is 2.94 bits per heavy atom. The highest BCUT2D eigenvalue weighted by Gasteiger charge is 2.25. The van der Waals surface area contributed by atoms with Gasteiger partial charge in [0.15, 0.2) is 0 Å². The summed E-state index contributed by atoms with van der Waals surface area (Å²) in [6.07, 6.45) is 2.18. The van der Waals surface area contributed by atoms with Crippen LogP contribution in [0, 0.1) is 0 Å². The predicted octanol–water partition coefficient (Wildman–Crippen LogP) is 1.52. The molecule has 1 aliphatic rings. The van der Waals surface area contributed by atoms with Gasteiger partial charge in [-0.2, -0.15) is 0 Å². The third kappa shape index (κ3) is 2.64. The van der Waals surface area contributed by atoms with Crippen LogP contribution in [0.15, 0.2) is 24.3 Å². The summed E-state index contributed by atoms with van der Waals surface area (Å²) in [6, 6.07) is 7.80. The third-order valence-electron chi connectivity index (χ3n) is 3.45. The molecule has 0 bridgehead atoms. The molecule has 0 radical (unpaired) electrons. The van der Waals surface area contributed by atoms with Gasteiger partial charge in [-0.05, 0) is 32.0 Å². The number of hydrogen-bond acceptors (Lipinski definition) is 3. The lowest BCUT2D eigenvalue weighted by Crippen LogP contribution is -2.47. The molecule has 1 aromatic carbocycles. The summed E-state index contributed by atoms with van der Waals surface area (Å²) < 4.78 is 5.25. The Morgan fingerprint density at radius 1 is 1.44 bits per heavy atom. The van der Waals surface area contributed by atoms with E-state index in [4.69, 9.17) is 4.74 Å². The molecule has 1 aromatic rings. The smallest absolute Gasteiger partial charge is 0.257 e. The van der Waals surface area contributed by atoms with Crippen LogP contribution in [0.2, 0.25) is 0 Å². The number of carbonyl (C=O) groups is 1. The van der Waals surface area contributed by atoms with Crippen LogP contribution < -0.4 is 10.1 Å². The molecule has 0 aromatic heterocycles. The van der Waals surface area contributed by atoms with Gasteiger partial charge in [0.1, 0.15) is 5.75 Å². The number of nitrogens with zero attached hydrogens (tertiary/aromatic N) is 1. The van der Waals surface area contributed by atoms with Crippen LogP contribution in [0.3, 0.4) is 0 Å². The van der Waals surface area contributed by atoms with Crippen molar-refractivity contribution in [1.82, 2.24) is 10.2 Å². The second-order valence-electron chi connectivity index (χ2n) is 4.58. The van der Waals surface area contributed by atoms with E-state index in [0.717, 1.165) is 25.9 Å². The zero-order chi connectivity index (χ0) is 13.0. The molecule has 98 valence electrons. The number of amides is 1.